The summed E-state index contributed by atoms with van der Waals surface area (Å²) in [6.45, 7) is 12.6. The molecule has 13 heteroatoms. The Kier molecular flexibility index (Phi) is 8.60. The predicted octanol–water partition coefficient (Wildman–Crippen LogP) is 7.77. The smallest absolute Gasteiger partial charge is 0.411 e. The molecule has 1 aromatic rings. The molecule has 2 aliphatic carbocycles. The van der Waals surface area contributed by atoms with Crippen LogP contribution < -0.4 is 5.32 Å². The number of nitrogens with one attached hydrogen (secondary N) is 1. The standard InChI is InChI=1S/C39H53F2NO10/c1-19-7-9-28-21(3)30(44-33-38(28)26(19)11-13-36(5,47-33)49-51-38)18-31(45-35(43)42-25-16-23(40)15-24(41)17-25)32-22(4)29-10-8-20(2)27-12-14-37(6)48-34(46-32)39(27,29)52-50-37/h15-17,19-22,26-34H,7-14,18H2,1-6H3,(H,42,43)/t19-,20-,21-,22-,26+,27+,28+,29+,30-,31+,32+,33-,34-,36-,37-,38-,39-/m1/s1. The van der Waals surface area contributed by atoms with Crippen LogP contribution in [0.25, 0.3) is 0 Å². The summed E-state index contributed by atoms with van der Waals surface area (Å²) in [5, 5.41) is 2.55. The fourth-order valence-electron chi connectivity index (χ4n) is 12.0. The minimum atomic E-state index is -0.976. The normalized spacial score (nSPS) is 51.0. The SMILES string of the molecule is C[C@H]1[C@@H]([C@H](C[C@H]2O[C@@H]3O[C@@]4(C)CC[C@H]5[C@H](C)CC[C@@H]([C@H]2C)[C@@]35OO4)OC(=O)Nc2cc(F)cc(F)c2)O[C@@H]2O[C@@]3(C)CC[C@H]4[C@H](C)CC[C@@H]1[C@@]24OO3. The van der Waals surface area contributed by atoms with E-state index in [4.69, 9.17) is 43.2 Å². The Morgan fingerprint density at radius 2 is 1.29 bits per heavy atom. The van der Waals surface area contributed by atoms with Gasteiger partial charge in [-0.2, -0.15) is 0 Å². The first-order valence-corrected chi connectivity index (χ1v) is 19.6. The molecular weight excluding hydrogens is 680 g/mol. The minimum absolute atomic E-state index is 0.00782. The summed E-state index contributed by atoms with van der Waals surface area (Å²) in [5.41, 5.74) is -1.59. The third kappa shape index (κ3) is 5.42. The summed E-state index contributed by atoms with van der Waals surface area (Å²) in [6, 6.07) is 2.85. The van der Waals surface area contributed by atoms with E-state index in [9.17, 15) is 13.6 Å². The van der Waals surface area contributed by atoms with Crippen LogP contribution in [0.1, 0.15) is 99.3 Å². The average molecular weight is 734 g/mol. The van der Waals surface area contributed by atoms with Crippen LogP contribution in [-0.2, 0) is 43.2 Å². The van der Waals surface area contributed by atoms with Crippen LogP contribution >= 0.6 is 0 Å². The molecule has 0 radical (unpaired) electrons. The number of carbonyl (C=O) groups is 1. The highest BCUT2D eigenvalue weighted by molar-refractivity contribution is 5.84. The van der Waals surface area contributed by atoms with E-state index in [1.54, 1.807) is 0 Å². The van der Waals surface area contributed by atoms with Crippen molar-refractivity contribution < 1.29 is 56.8 Å². The van der Waals surface area contributed by atoms with Gasteiger partial charge in [0, 0.05) is 42.9 Å². The molecule has 8 saturated heterocycles. The van der Waals surface area contributed by atoms with E-state index in [1.165, 1.54) is 0 Å². The predicted molar refractivity (Wildman–Crippen MR) is 179 cm³/mol. The fourth-order valence-corrected chi connectivity index (χ4v) is 12.0. The second-order valence-electron chi connectivity index (χ2n) is 17.8. The molecule has 17 atom stereocenters. The Bertz CT molecular complexity index is 1550. The summed E-state index contributed by atoms with van der Waals surface area (Å²) >= 11 is 0. The van der Waals surface area contributed by atoms with Gasteiger partial charge in [0.2, 0.25) is 11.6 Å². The third-order valence-electron chi connectivity index (χ3n) is 14.7. The maximum absolute atomic E-state index is 14.1. The molecule has 1 amide bonds. The van der Waals surface area contributed by atoms with E-state index in [1.807, 2.05) is 13.8 Å². The van der Waals surface area contributed by atoms with Gasteiger partial charge < -0.3 is 23.7 Å². The van der Waals surface area contributed by atoms with Gasteiger partial charge in [-0.05, 0) is 100 Å². The van der Waals surface area contributed by atoms with E-state index < -0.39 is 71.4 Å². The maximum atomic E-state index is 14.1. The molecule has 8 heterocycles. The number of ether oxygens (including phenoxy) is 5. The second kappa shape index (κ2) is 12.5. The number of hydrogen-bond acceptors (Lipinski definition) is 10. The summed E-state index contributed by atoms with van der Waals surface area (Å²) in [7, 11) is 0. The number of rotatable bonds is 5. The monoisotopic (exact) mass is 733 g/mol. The van der Waals surface area contributed by atoms with Gasteiger partial charge in [-0.1, -0.05) is 27.7 Å². The van der Waals surface area contributed by atoms with Crippen LogP contribution in [-0.4, -0.2) is 59.8 Å². The zero-order valence-electron chi connectivity index (χ0n) is 30.9. The van der Waals surface area contributed by atoms with Crippen molar-refractivity contribution in [2.24, 2.45) is 47.3 Å². The van der Waals surface area contributed by atoms with Gasteiger partial charge in [-0.3, -0.25) is 5.32 Å². The Morgan fingerprint density at radius 1 is 0.750 bits per heavy atom. The number of halogens is 2. The van der Waals surface area contributed by atoms with Crippen LogP contribution in [0.3, 0.4) is 0 Å². The molecule has 2 saturated carbocycles. The highest BCUT2D eigenvalue weighted by Gasteiger charge is 2.72. The van der Waals surface area contributed by atoms with E-state index in [0.29, 0.717) is 24.7 Å². The number of amides is 1. The molecule has 11 nitrogen and oxygen atoms in total. The average Bonchev–Trinajstić information content (AvgIpc) is 3.45. The molecule has 0 unspecified atom stereocenters. The number of hydrogen-bond donors (Lipinski definition) is 1. The Balaban J connectivity index is 1.05. The van der Waals surface area contributed by atoms with Gasteiger partial charge in [0.15, 0.2) is 23.8 Å². The van der Waals surface area contributed by atoms with Gasteiger partial charge >= 0.3 is 6.09 Å². The van der Waals surface area contributed by atoms with Crippen LogP contribution in [0, 0.1) is 59.0 Å². The molecule has 1 N–H and O–H groups in total. The zero-order chi connectivity index (χ0) is 36.4. The van der Waals surface area contributed by atoms with Gasteiger partial charge in [-0.15, -0.1) is 0 Å². The number of anilines is 1. The quantitative estimate of drug-likeness (QED) is 0.301. The molecule has 2 spiro atoms. The maximum Gasteiger partial charge on any atom is 0.411 e. The molecule has 0 aromatic heterocycles. The molecule has 10 fully saturated rings. The van der Waals surface area contributed by atoms with Gasteiger partial charge in [0.25, 0.3) is 0 Å². The van der Waals surface area contributed by atoms with Crippen molar-refractivity contribution in [3.8, 4) is 0 Å². The van der Waals surface area contributed by atoms with Crippen LogP contribution in [0.2, 0.25) is 0 Å². The van der Waals surface area contributed by atoms with Crippen molar-refractivity contribution in [1.29, 1.82) is 0 Å². The summed E-state index contributed by atoms with van der Waals surface area (Å²) in [6.07, 6.45) is 3.19. The van der Waals surface area contributed by atoms with E-state index in [-0.39, 0.29) is 47.6 Å². The molecule has 8 aliphatic heterocycles. The lowest BCUT2D eigenvalue weighted by Crippen LogP contribution is -2.72. The first kappa shape index (κ1) is 35.7. The largest absolute Gasteiger partial charge is 0.443 e. The lowest BCUT2D eigenvalue weighted by atomic mass is 9.56. The number of carbonyl (C=O) groups excluding carboxylic acids is 1. The molecule has 4 bridgehead atoms. The van der Waals surface area contributed by atoms with Crippen LogP contribution in [0.4, 0.5) is 19.3 Å². The van der Waals surface area contributed by atoms with Crippen molar-refractivity contribution >= 4 is 11.8 Å². The molecular formula is C39H53F2NO10. The molecule has 1 aromatic carbocycles. The van der Waals surface area contributed by atoms with Gasteiger partial charge in [-0.25, -0.2) is 33.1 Å². The summed E-state index contributed by atoms with van der Waals surface area (Å²) < 4.78 is 61.8. The van der Waals surface area contributed by atoms with E-state index in [2.05, 4.69) is 33.0 Å². The van der Waals surface area contributed by atoms with E-state index >= 15 is 0 Å². The Morgan fingerprint density at radius 3 is 1.87 bits per heavy atom. The van der Waals surface area contributed by atoms with Crippen molar-refractivity contribution in [3.63, 3.8) is 0 Å². The van der Waals surface area contributed by atoms with Crippen LogP contribution in [0.15, 0.2) is 18.2 Å². The Hall–Kier alpha value is -1.97. The van der Waals surface area contributed by atoms with Crippen molar-refractivity contribution in [2.75, 3.05) is 5.32 Å². The molecule has 288 valence electrons. The summed E-state index contributed by atoms with van der Waals surface area (Å²) in [5.74, 6) is -2.44. The summed E-state index contributed by atoms with van der Waals surface area (Å²) in [4.78, 5) is 38.5. The van der Waals surface area contributed by atoms with E-state index in [0.717, 1.165) is 56.7 Å². The first-order valence-electron chi connectivity index (χ1n) is 19.6. The van der Waals surface area contributed by atoms with Crippen molar-refractivity contribution in [1.82, 2.24) is 0 Å². The highest BCUT2D eigenvalue weighted by atomic mass is 19.1. The lowest BCUT2D eigenvalue weighted by Gasteiger charge is -2.62. The van der Waals surface area contributed by atoms with Crippen LogP contribution in [0.5, 0.6) is 0 Å². The molecule has 10 aliphatic rings. The number of benzene rings is 1. The zero-order valence-corrected chi connectivity index (χ0v) is 30.9. The van der Waals surface area contributed by atoms with Crippen molar-refractivity contribution in [3.05, 3.63) is 29.8 Å². The second-order valence-corrected chi connectivity index (χ2v) is 17.8. The van der Waals surface area contributed by atoms with Gasteiger partial charge in [0.1, 0.15) is 23.8 Å². The van der Waals surface area contributed by atoms with Gasteiger partial charge in [0.05, 0.1) is 6.10 Å². The highest BCUT2D eigenvalue weighted by Crippen LogP contribution is 2.63. The first-order chi connectivity index (χ1) is 24.7. The topological polar surface area (TPSA) is 112 Å². The number of fused-ring (bicyclic) bond motifs is 4. The molecule has 11 rings (SSSR count). The van der Waals surface area contributed by atoms with Crippen molar-refractivity contribution in [2.45, 2.75) is 153 Å². The third-order valence-corrected chi connectivity index (χ3v) is 14.7. The Labute approximate surface area is 303 Å². The minimum Gasteiger partial charge on any atom is -0.443 e. The lowest BCUT2D eigenvalue weighted by molar-refractivity contribution is -0.573. The fraction of sp³-hybridized carbons (Fsp3) is 0.821. The molecule has 52 heavy (non-hydrogen) atoms.